The monoisotopic (exact) mass is 360 g/mol. The summed E-state index contributed by atoms with van der Waals surface area (Å²) in [6.07, 6.45) is -18.9. The summed E-state index contributed by atoms with van der Waals surface area (Å²) < 4.78 is 10.2. The summed E-state index contributed by atoms with van der Waals surface area (Å²) in [6.45, 7) is -0.704. The van der Waals surface area contributed by atoms with E-state index in [0.717, 1.165) is 0 Å². The molecule has 2 rings (SSSR count). The fraction of sp³-hybridized carbons (Fsp3) is 1.00. The number of rotatable bonds is 3. The van der Waals surface area contributed by atoms with Gasteiger partial charge in [-0.3, -0.25) is 0 Å². The molecule has 11 atom stereocenters. The molecule has 0 aromatic rings. The number of aliphatic hydroxyl groups is 9. The minimum absolute atomic E-state index is 0. The first-order valence-electron chi connectivity index (χ1n) is 7.07. The highest BCUT2D eigenvalue weighted by Gasteiger charge is 2.52. The third-order valence-corrected chi connectivity index (χ3v) is 4.21. The van der Waals surface area contributed by atoms with Crippen LogP contribution >= 0.6 is 0 Å². The molecule has 24 heavy (non-hydrogen) atoms. The lowest BCUT2D eigenvalue weighted by Gasteiger charge is -2.45. The van der Waals surface area contributed by atoms with Crippen molar-refractivity contribution < 1.29 is 60.9 Å². The molecule has 1 saturated heterocycles. The predicted molar refractivity (Wildman–Crippen MR) is 72.3 cm³/mol. The second kappa shape index (κ2) is 8.27. The number of ether oxygens (including phenoxy) is 2. The van der Waals surface area contributed by atoms with Gasteiger partial charge in [-0.1, -0.05) is 0 Å². The molecular formula is C12H24O12. The molecule has 0 aromatic heterocycles. The van der Waals surface area contributed by atoms with Crippen LogP contribution in [0.25, 0.3) is 0 Å². The predicted octanol–water partition coefficient (Wildman–Crippen LogP) is -6.84. The molecule has 0 amide bonds. The van der Waals surface area contributed by atoms with Crippen molar-refractivity contribution in [2.75, 3.05) is 6.61 Å². The smallest absolute Gasteiger partial charge is 0.187 e. The van der Waals surface area contributed by atoms with Gasteiger partial charge in [0.2, 0.25) is 0 Å². The first-order chi connectivity index (χ1) is 10.7. The summed E-state index contributed by atoms with van der Waals surface area (Å²) in [4.78, 5) is 0. The SMILES string of the molecule is O.OC[C@H]1O[C@H](OC2[C@H](O)[C@H](O)C(O)[C@H](O)[C@H]2O)[C@H](O)[C@@H](O)[C@H]1O. The largest absolute Gasteiger partial charge is 0.412 e. The molecule has 11 N–H and O–H groups in total. The molecule has 2 fully saturated rings. The summed E-state index contributed by atoms with van der Waals surface area (Å²) in [6, 6.07) is 0. The zero-order chi connectivity index (χ0) is 17.5. The molecule has 0 bridgehead atoms. The van der Waals surface area contributed by atoms with Gasteiger partial charge in [-0.05, 0) is 0 Å². The topological polar surface area (TPSA) is 232 Å². The lowest BCUT2D eigenvalue weighted by Crippen LogP contribution is -2.67. The van der Waals surface area contributed by atoms with Gasteiger partial charge in [-0.15, -0.1) is 0 Å². The van der Waals surface area contributed by atoms with Crippen molar-refractivity contribution in [2.24, 2.45) is 0 Å². The van der Waals surface area contributed by atoms with E-state index in [1.165, 1.54) is 0 Å². The minimum atomic E-state index is -1.83. The van der Waals surface area contributed by atoms with Crippen molar-refractivity contribution >= 4 is 0 Å². The number of aliphatic hydroxyl groups excluding tert-OH is 9. The fourth-order valence-corrected chi connectivity index (χ4v) is 2.69. The van der Waals surface area contributed by atoms with Gasteiger partial charge in [-0.25, -0.2) is 0 Å². The molecule has 144 valence electrons. The van der Waals surface area contributed by atoms with E-state index in [-0.39, 0.29) is 5.48 Å². The summed E-state index contributed by atoms with van der Waals surface area (Å²) in [5.74, 6) is 0. The molecule has 1 heterocycles. The Balaban J connectivity index is 0.00000288. The highest BCUT2D eigenvalue weighted by Crippen LogP contribution is 2.29. The second-order valence-corrected chi connectivity index (χ2v) is 5.75. The van der Waals surface area contributed by atoms with E-state index in [4.69, 9.17) is 14.6 Å². The maximum absolute atomic E-state index is 9.85. The van der Waals surface area contributed by atoms with Crippen molar-refractivity contribution in [3.05, 3.63) is 0 Å². The molecule has 1 saturated carbocycles. The van der Waals surface area contributed by atoms with Crippen LogP contribution in [0.4, 0.5) is 0 Å². The minimum Gasteiger partial charge on any atom is -0.412 e. The van der Waals surface area contributed by atoms with E-state index in [1.54, 1.807) is 0 Å². The van der Waals surface area contributed by atoms with Crippen LogP contribution in [0.3, 0.4) is 0 Å². The van der Waals surface area contributed by atoms with E-state index in [9.17, 15) is 40.9 Å². The van der Waals surface area contributed by atoms with E-state index in [0.29, 0.717) is 0 Å². The molecular weight excluding hydrogens is 336 g/mol. The van der Waals surface area contributed by atoms with Crippen LogP contribution in [0.15, 0.2) is 0 Å². The lowest BCUT2D eigenvalue weighted by atomic mass is 9.84. The van der Waals surface area contributed by atoms with Crippen molar-refractivity contribution in [3.63, 3.8) is 0 Å². The van der Waals surface area contributed by atoms with Crippen LogP contribution in [-0.2, 0) is 9.47 Å². The van der Waals surface area contributed by atoms with Crippen LogP contribution in [0, 0.1) is 0 Å². The Kier molecular flexibility index (Phi) is 7.43. The van der Waals surface area contributed by atoms with Gasteiger partial charge in [0.25, 0.3) is 0 Å². The van der Waals surface area contributed by atoms with Crippen molar-refractivity contribution in [2.45, 2.75) is 67.3 Å². The molecule has 2 unspecified atom stereocenters. The molecule has 12 nitrogen and oxygen atoms in total. The average molecular weight is 360 g/mol. The van der Waals surface area contributed by atoms with Gasteiger partial charge in [0.15, 0.2) is 6.29 Å². The van der Waals surface area contributed by atoms with E-state index in [2.05, 4.69) is 0 Å². The highest BCUT2D eigenvalue weighted by atomic mass is 16.7. The summed E-state index contributed by atoms with van der Waals surface area (Å²) in [5, 5.41) is 86.6. The van der Waals surface area contributed by atoms with Crippen LogP contribution in [-0.4, -0.2) is 125 Å². The second-order valence-electron chi connectivity index (χ2n) is 5.75. The normalized spacial score (nSPS) is 52.6. The van der Waals surface area contributed by atoms with Crippen LogP contribution < -0.4 is 0 Å². The van der Waals surface area contributed by atoms with Crippen LogP contribution in [0.1, 0.15) is 0 Å². The lowest BCUT2D eigenvalue weighted by molar-refractivity contribution is -0.339. The quantitative estimate of drug-likeness (QED) is 0.229. The van der Waals surface area contributed by atoms with E-state index >= 15 is 0 Å². The fourth-order valence-electron chi connectivity index (χ4n) is 2.69. The molecule has 0 radical (unpaired) electrons. The van der Waals surface area contributed by atoms with Gasteiger partial charge < -0.3 is 60.9 Å². The molecule has 2 aliphatic rings. The summed E-state index contributed by atoms with van der Waals surface area (Å²) >= 11 is 0. The Morgan fingerprint density at radius 1 is 0.625 bits per heavy atom. The van der Waals surface area contributed by atoms with Gasteiger partial charge in [0, 0.05) is 0 Å². The Morgan fingerprint density at radius 3 is 1.50 bits per heavy atom. The van der Waals surface area contributed by atoms with Crippen molar-refractivity contribution in [1.82, 2.24) is 0 Å². The maximum Gasteiger partial charge on any atom is 0.187 e. The zero-order valence-electron chi connectivity index (χ0n) is 12.4. The molecule has 0 aromatic carbocycles. The Bertz CT molecular complexity index is 378. The standard InChI is InChI=1S/C12H22O11.H2O/c13-1-2-3(14)4(15)10(21)12(22-2)23-11-8(19)6(17)5(16)7(18)9(11)20;/h2-21H,1H2;1H2/t2-,3+,4+,5?,6-,7+,8-,9-,10-,11?,12-;/m1./s1. The Morgan fingerprint density at radius 2 is 1.04 bits per heavy atom. The van der Waals surface area contributed by atoms with Gasteiger partial charge in [0.1, 0.15) is 61.0 Å². The van der Waals surface area contributed by atoms with Crippen molar-refractivity contribution in [1.29, 1.82) is 0 Å². The average Bonchev–Trinajstić information content (AvgIpc) is 2.54. The van der Waals surface area contributed by atoms with E-state index < -0.39 is 73.9 Å². The first kappa shape index (κ1) is 21.6. The first-order valence-corrected chi connectivity index (χ1v) is 7.07. The van der Waals surface area contributed by atoms with Gasteiger partial charge in [0.05, 0.1) is 6.61 Å². The zero-order valence-corrected chi connectivity index (χ0v) is 12.4. The molecule has 0 spiro atoms. The van der Waals surface area contributed by atoms with Gasteiger partial charge >= 0.3 is 0 Å². The van der Waals surface area contributed by atoms with Crippen LogP contribution in [0.2, 0.25) is 0 Å². The molecule has 1 aliphatic carbocycles. The third kappa shape index (κ3) is 3.70. The van der Waals surface area contributed by atoms with E-state index in [1.807, 2.05) is 0 Å². The Labute approximate surface area is 136 Å². The molecule has 12 heteroatoms. The highest BCUT2D eigenvalue weighted by molar-refractivity contribution is 5.00. The maximum atomic E-state index is 9.85. The van der Waals surface area contributed by atoms with Crippen LogP contribution in [0.5, 0.6) is 0 Å². The summed E-state index contributed by atoms with van der Waals surface area (Å²) in [5.41, 5.74) is 0. The molecule has 1 aliphatic heterocycles. The number of hydrogen-bond acceptors (Lipinski definition) is 11. The van der Waals surface area contributed by atoms with Gasteiger partial charge in [-0.2, -0.15) is 0 Å². The van der Waals surface area contributed by atoms with Crippen molar-refractivity contribution in [3.8, 4) is 0 Å². The summed E-state index contributed by atoms with van der Waals surface area (Å²) in [7, 11) is 0. The Hall–Kier alpha value is -0.480. The third-order valence-electron chi connectivity index (χ3n) is 4.21. The number of hydrogen-bond donors (Lipinski definition) is 9.